The van der Waals surface area contributed by atoms with Crippen molar-refractivity contribution in [2.75, 3.05) is 26.2 Å². The van der Waals surface area contributed by atoms with Crippen LogP contribution in [-0.2, 0) is 16.1 Å². The molecule has 3 aromatic rings. The summed E-state index contributed by atoms with van der Waals surface area (Å²) in [6, 6.07) is 12.7. The van der Waals surface area contributed by atoms with Gasteiger partial charge in [0.2, 0.25) is 5.91 Å². The zero-order valence-corrected chi connectivity index (χ0v) is 27.0. The van der Waals surface area contributed by atoms with Crippen LogP contribution >= 0.6 is 0 Å². The normalized spacial score (nSPS) is 25.7. The zero-order valence-electron chi connectivity index (χ0n) is 27.0. The Morgan fingerprint density at radius 1 is 1.07 bits per heavy atom. The number of ether oxygens (including phenoxy) is 1. The molecule has 0 radical (unpaired) electrons. The number of carbonyl (C=O) groups excluding carboxylic acids is 2. The van der Waals surface area contributed by atoms with E-state index in [2.05, 4.69) is 22.1 Å². The molecule has 2 aliphatic heterocycles. The Kier molecular flexibility index (Phi) is 8.82. The number of nitrogens with zero attached hydrogens (tertiary/aromatic N) is 3. The first kappa shape index (κ1) is 32.3. The summed E-state index contributed by atoms with van der Waals surface area (Å²) in [5, 5.41) is 3.01. The highest BCUT2D eigenvalue weighted by atomic mass is 19.3. The average molecular weight is 640 g/mol. The molecule has 3 aliphatic rings. The van der Waals surface area contributed by atoms with Crippen LogP contribution in [0.1, 0.15) is 82.3 Å². The molecule has 8 nitrogen and oxygen atoms in total. The van der Waals surface area contributed by atoms with Gasteiger partial charge in [-0.15, -0.1) is 0 Å². The van der Waals surface area contributed by atoms with E-state index in [1.807, 2.05) is 30.3 Å². The van der Waals surface area contributed by atoms with Crippen molar-refractivity contribution in [1.29, 1.82) is 0 Å². The standard InChI is InChI=1S/C35H44F3N5O3/c1-21-10-12-23(13-11-21)29(41-33(45)46-34(2,3)4)31-39-27-15-14-24(28(36)30(27)40-31)25-17-42(16-22-8-6-5-7-9-22)18-26(25)32(44)43-19-35(37,38)20-43/h5-9,14-15,21,23,25-26,29H,10-13,16-20H2,1-4H3,(H,39,40)(H,41,45). The molecule has 0 bridgehead atoms. The van der Waals surface area contributed by atoms with Crippen LogP contribution in [-0.4, -0.2) is 69.5 Å². The molecule has 6 rings (SSSR count). The summed E-state index contributed by atoms with van der Waals surface area (Å²) in [6.07, 6.45) is 3.28. The number of benzene rings is 2. The van der Waals surface area contributed by atoms with Gasteiger partial charge in [0, 0.05) is 25.6 Å². The van der Waals surface area contributed by atoms with E-state index in [-0.39, 0.29) is 17.3 Å². The van der Waals surface area contributed by atoms with Crippen molar-refractivity contribution in [2.45, 2.75) is 83.4 Å². The summed E-state index contributed by atoms with van der Waals surface area (Å²) in [6.45, 7) is 7.72. The summed E-state index contributed by atoms with van der Waals surface area (Å²) < 4.78 is 49.6. The Labute approximate surface area is 268 Å². The lowest BCUT2D eigenvalue weighted by atomic mass is 9.79. The number of alkyl carbamates (subject to hydrolysis) is 1. The SMILES string of the molecule is CC1CCC(C(NC(=O)OC(C)(C)C)c2nc3c(F)c(C4CN(Cc5ccccc5)CC4C(=O)N4CC(F)(F)C4)ccc3[nH]2)CC1. The minimum Gasteiger partial charge on any atom is -0.444 e. The number of fused-ring (bicyclic) bond motifs is 1. The minimum atomic E-state index is -2.89. The quantitative estimate of drug-likeness (QED) is 0.297. The second kappa shape index (κ2) is 12.5. The van der Waals surface area contributed by atoms with E-state index in [1.54, 1.807) is 32.9 Å². The van der Waals surface area contributed by atoms with Crippen molar-refractivity contribution in [2.24, 2.45) is 17.8 Å². The number of hydrogen-bond donors (Lipinski definition) is 2. The summed E-state index contributed by atoms with van der Waals surface area (Å²) in [7, 11) is 0. The molecule has 3 fully saturated rings. The van der Waals surface area contributed by atoms with E-state index in [9.17, 15) is 18.4 Å². The van der Waals surface area contributed by atoms with Crippen molar-refractivity contribution >= 4 is 23.0 Å². The van der Waals surface area contributed by atoms with Crippen LogP contribution in [0.4, 0.5) is 18.0 Å². The number of alkyl halides is 2. The number of hydrogen-bond acceptors (Lipinski definition) is 5. The maximum absolute atomic E-state index is 16.5. The maximum Gasteiger partial charge on any atom is 0.408 e. The summed E-state index contributed by atoms with van der Waals surface area (Å²) in [5.74, 6) is -3.84. The van der Waals surface area contributed by atoms with Crippen LogP contribution in [0.2, 0.25) is 0 Å². The van der Waals surface area contributed by atoms with Crippen LogP contribution in [0.5, 0.6) is 0 Å². The highest BCUT2D eigenvalue weighted by Crippen LogP contribution is 2.41. The predicted molar refractivity (Wildman–Crippen MR) is 169 cm³/mol. The predicted octanol–water partition coefficient (Wildman–Crippen LogP) is 6.79. The van der Waals surface area contributed by atoms with Crippen molar-refractivity contribution in [3.63, 3.8) is 0 Å². The van der Waals surface area contributed by atoms with Crippen LogP contribution in [0, 0.1) is 23.6 Å². The molecule has 2 saturated heterocycles. The van der Waals surface area contributed by atoms with Crippen LogP contribution in [0.3, 0.4) is 0 Å². The fraction of sp³-hybridized carbons (Fsp3) is 0.571. The largest absolute Gasteiger partial charge is 0.444 e. The van der Waals surface area contributed by atoms with Gasteiger partial charge in [-0.05, 0) is 62.6 Å². The van der Waals surface area contributed by atoms with Crippen molar-refractivity contribution < 1.29 is 27.5 Å². The molecule has 1 saturated carbocycles. The van der Waals surface area contributed by atoms with E-state index in [1.165, 1.54) is 4.90 Å². The number of aromatic nitrogens is 2. The Morgan fingerprint density at radius 2 is 1.76 bits per heavy atom. The Bertz CT molecular complexity index is 1560. The number of aromatic amines is 1. The highest BCUT2D eigenvalue weighted by Gasteiger charge is 2.50. The molecule has 1 aromatic heterocycles. The second-order valence-electron chi connectivity index (χ2n) is 14.6. The van der Waals surface area contributed by atoms with Crippen molar-refractivity contribution in [3.8, 4) is 0 Å². The third kappa shape index (κ3) is 7.04. The van der Waals surface area contributed by atoms with E-state index in [0.717, 1.165) is 31.2 Å². The highest BCUT2D eigenvalue weighted by molar-refractivity contribution is 5.83. The number of likely N-dealkylation sites (tertiary alicyclic amines) is 2. The van der Waals surface area contributed by atoms with Crippen LogP contribution in [0.15, 0.2) is 42.5 Å². The molecule has 2 N–H and O–H groups in total. The molecule has 3 unspecified atom stereocenters. The lowest BCUT2D eigenvalue weighted by Gasteiger charge is -2.40. The van der Waals surface area contributed by atoms with E-state index in [4.69, 9.17) is 9.72 Å². The van der Waals surface area contributed by atoms with Gasteiger partial charge in [-0.2, -0.15) is 0 Å². The lowest BCUT2D eigenvalue weighted by molar-refractivity contribution is -0.169. The number of imidazole rings is 1. The Morgan fingerprint density at radius 3 is 2.41 bits per heavy atom. The fourth-order valence-electron chi connectivity index (χ4n) is 7.30. The number of carbonyl (C=O) groups is 2. The molecule has 2 aromatic carbocycles. The van der Waals surface area contributed by atoms with Crippen LogP contribution in [0.25, 0.3) is 11.0 Å². The molecule has 2 amide bonds. The molecule has 46 heavy (non-hydrogen) atoms. The monoisotopic (exact) mass is 639 g/mol. The fourth-order valence-corrected chi connectivity index (χ4v) is 7.30. The number of H-pyrrole nitrogens is 1. The van der Waals surface area contributed by atoms with Gasteiger partial charge in [0.25, 0.3) is 5.92 Å². The van der Waals surface area contributed by atoms with Gasteiger partial charge in [0.1, 0.15) is 16.9 Å². The third-order valence-corrected chi connectivity index (χ3v) is 9.66. The van der Waals surface area contributed by atoms with Gasteiger partial charge in [0.05, 0.1) is 30.6 Å². The van der Waals surface area contributed by atoms with Gasteiger partial charge >= 0.3 is 6.09 Å². The van der Waals surface area contributed by atoms with Gasteiger partial charge < -0.3 is 19.9 Å². The number of rotatable bonds is 7. The smallest absolute Gasteiger partial charge is 0.408 e. The molecule has 3 heterocycles. The van der Waals surface area contributed by atoms with E-state index >= 15 is 4.39 Å². The molecule has 0 spiro atoms. The zero-order chi connectivity index (χ0) is 32.8. The number of amides is 2. The van der Waals surface area contributed by atoms with Gasteiger partial charge in [-0.3, -0.25) is 9.69 Å². The summed E-state index contributed by atoms with van der Waals surface area (Å²) in [5.41, 5.74) is 1.34. The second-order valence-corrected chi connectivity index (χ2v) is 14.6. The van der Waals surface area contributed by atoms with E-state index in [0.29, 0.717) is 42.5 Å². The minimum absolute atomic E-state index is 0.102. The van der Waals surface area contributed by atoms with Gasteiger partial charge in [-0.1, -0.05) is 56.2 Å². The van der Waals surface area contributed by atoms with Gasteiger partial charge in [0.15, 0.2) is 5.82 Å². The summed E-state index contributed by atoms with van der Waals surface area (Å²) >= 11 is 0. The topological polar surface area (TPSA) is 90.6 Å². The Hall–Kier alpha value is -3.60. The number of halogens is 3. The molecule has 1 aliphatic carbocycles. The third-order valence-electron chi connectivity index (χ3n) is 9.66. The summed E-state index contributed by atoms with van der Waals surface area (Å²) in [4.78, 5) is 37.7. The van der Waals surface area contributed by atoms with Crippen LogP contribution < -0.4 is 5.32 Å². The molecular weight excluding hydrogens is 595 g/mol. The average Bonchev–Trinajstić information content (AvgIpc) is 3.60. The molecule has 11 heteroatoms. The van der Waals surface area contributed by atoms with Crippen molar-refractivity contribution in [3.05, 3.63) is 65.2 Å². The maximum atomic E-state index is 16.5. The Balaban J connectivity index is 1.30. The van der Waals surface area contributed by atoms with Crippen molar-refractivity contribution in [1.82, 2.24) is 25.1 Å². The van der Waals surface area contributed by atoms with E-state index < -0.39 is 54.4 Å². The lowest BCUT2D eigenvalue weighted by Crippen LogP contribution is -2.60. The van der Waals surface area contributed by atoms with Gasteiger partial charge in [-0.25, -0.2) is 22.9 Å². The first-order valence-electron chi connectivity index (χ1n) is 16.4. The molecular formula is C35H44F3N5O3. The first-order chi connectivity index (χ1) is 21.8. The number of nitrogens with one attached hydrogen (secondary N) is 2. The molecule has 3 atom stereocenters. The first-order valence-corrected chi connectivity index (χ1v) is 16.4. The molecule has 248 valence electrons.